The number of aryl methyl sites for hydroxylation is 1. The van der Waals surface area contributed by atoms with Crippen LogP contribution in [-0.4, -0.2) is 41.2 Å². The van der Waals surface area contributed by atoms with Crippen LogP contribution < -0.4 is 14.8 Å². The monoisotopic (exact) mass is 426 g/mol. The average molecular weight is 427 g/mol. The summed E-state index contributed by atoms with van der Waals surface area (Å²) in [6.45, 7) is 2.20. The third-order valence-corrected chi connectivity index (χ3v) is 5.57. The molecule has 1 amide bonds. The molecule has 0 radical (unpaired) electrons. The molecule has 2 N–H and O–H groups in total. The van der Waals surface area contributed by atoms with Gasteiger partial charge in [0.05, 0.1) is 16.5 Å². The number of carbonyl (C=O) groups excluding carboxylic acids is 1. The topological polar surface area (TPSA) is 93.7 Å². The van der Waals surface area contributed by atoms with Crippen LogP contribution in [0, 0.1) is 0 Å². The zero-order valence-corrected chi connectivity index (χ0v) is 17.3. The minimum Gasteiger partial charge on any atom is -0.482 e. The number of sulfonamides is 1. The van der Waals surface area contributed by atoms with Gasteiger partial charge in [0.2, 0.25) is 10.0 Å². The maximum atomic E-state index is 12.2. The Labute approximate surface area is 170 Å². The predicted molar refractivity (Wildman–Crippen MR) is 108 cm³/mol. The number of carbonyl (C=O) groups is 1. The van der Waals surface area contributed by atoms with E-state index in [1.165, 1.54) is 30.9 Å². The zero-order chi connectivity index (χ0) is 20.6. The van der Waals surface area contributed by atoms with E-state index in [1.54, 1.807) is 0 Å². The van der Waals surface area contributed by atoms with Gasteiger partial charge in [0, 0.05) is 19.3 Å². The van der Waals surface area contributed by atoms with Gasteiger partial charge < -0.3 is 14.8 Å². The Morgan fingerprint density at radius 3 is 2.46 bits per heavy atom. The Morgan fingerprint density at radius 2 is 1.86 bits per heavy atom. The molecule has 0 bridgehead atoms. The summed E-state index contributed by atoms with van der Waals surface area (Å²) in [5.74, 6) is -0.132. The summed E-state index contributed by atoms with van der Waals surface area (Å²) in [4.78, 5) is 12.0. The lowest BCUT2D eigenvalue weighted by atomic mass is 10.1. The van der Waals surface area contributed by atoms with Gasteiger partial charge in [-0.3, -0.25) is 4.79 Å². The van der Waals surface area contributed by atoms with Crippen LogP contribution in [0.3, 0.4) is 0 Å². The third-order valence-electron chi connectivity index (χ3n) is 3.82. The maximum Gasteiger partial charge on any atom is 0.262 e. The molecule has 0 aliphatic heterocycles. The molecule has 0 aliphatic rings. The summed E-state index contributed by atoms with van der Waals surface area (Å²) in [6, 6.07) is 11.6. The molecule has 0 fully saturated rings. The van der Waals surface area contributed by atoms with Gasteiger partial charge in [-0.1, -0.05) is 30.7 Å². The van der Waals surface area contributed by atoms with E-state index >= 15 is 0 Å². The molecule has 28 heavy (non-hydrogen) atoms. The van der Waals surface area contributed by atoms with Gasteiger partial charge in [-0.25, -0.2) is 13.1 Å². The first kappa shape index (κ1) is 22.2. The lowest BCUT2D eigenvalue weighted by Crippen LogP contribution is -2.27. The molecule has 0 spiro atoms. The molecule has 0 aliphatic carbocycles. The lowest BCUT2D eigenvalue weighted by Gasteiger charge is -2.11. The lowest BCUT2D eigenvalue weighted by molar-refractivity contribution is -0.118. The van der Waals surface area contributed by atoms with Crippen LogP contribution in [0.2, 0.25) is 5.02 Å². The second-order valence-corrected chi connectivity index (χ2v) is 8.04. The van der Waals surface area contributed by atoms with E-state index in [4.69, 9.17) is 21.1 Å². The van der Waals surface area contributed by atoms with E-state index in [2.05, 4.69) is 17.0 Å². The summed E-state index contributed by atoms with van der Waals surface area (Å²) in [5, 5.41) is 2.81. The third kappa shape index (κ3) is 6.49. The molecule has 152 valence electrons. The summed E-state index contributed by atoms with van der Waals surface area (Å²) < 4.78 is 36.9. The number of rotatable bonds is 10. The fraction of sp³-hybridized carbons (Fsp3) is 0.316. The molecule has 0 aromatic heterocycles. The first-order valence-corrected chi connectivity index (χ1v) is 10.5. The van der Waals surface area contributed by atoms with E-state index in [0.717, 1.165) is 6.42 Å². The van der Waals surface area contributed by atoms with Gasteiger partial charge in [0.1, 0.15) is 5.75 Å². The van der Waals surface area contributed by atoms with E-state index in [-0.39, 0.29) is 41.3 Å². The van der Waals surface area contributed by atoms with E-state index in [9.17, 15) is 13.2 Å². The summed E-state index contributed by atoms with van der Waals surface area (Å²) in [7, 11) is -2.22. The Hall–Kier alpha value is -2.13. The summed E-state index contributed by atoms with van der Waals surface area (Å²) in [6.07, 6.45) is 0.920. The molecule has 0 unspecified atom stereocenters. The number of hydrogen-bond donors (Lipinski definition) is 2. The van der Waals surface area contributed by atoms with E-state index < -0.39 is 10.0 Å². The van der Waals surface area contributed by atoms with Crippen molar-refractivity contribution in [2.75, 3.05) is 32.2 Å². The van der Waals surface area contributed by atoms with Crippen LogP contribution in [0.25, 0.3) is 0 Å². The van der Waals surface area contributed by atoms with Crippen molar-refractivity contribution >= 4 is 33.2 Å². The minimum atomic E-state index is -3.70. The Bertz CT molecular complexity index is 901. The van der Waals surface area contributed by atoms with Crippen LogP contribution in [0.4, 0.5) is 5.69 Å². The van der Waals surface area contributed by atoms with Gasteiger partial charge in [0.25, 0.3) is 5.91 Å². The van der Waals surface area contributed by atoms with Crippen molar-refractivity contribution in [3.63, 3.8) is 0 Å². The maximum absolute atomic E-state index is 12.2. The SMILES string of the molecule is CCc1ccc(NC(=O)COc2ccc(S(=O)(=O)NCCOC)cc2Cl)cc1. The van der Waals surface area contributed by atoms with Crippen LogP contribution in [0.5, 0.6) is 5.75 Å². The number of halogens is 1. The highest BCUT2D eigenvalue weighted by Gasteiger charge is 2.16. The molecule has 2 aromatic rings. The van der Waals surface area contributed by atoms with Gasteiger partial charge in [-0.05, 0) is 42.3 Å². The molecule has 2 aromatic carbocycles. The summed E-state index contributed by atoms with van der Waals surface area (Å²) in [5.41, 5.74) is 1.84. The van der Waals surface area contributed by atoms with Crippen molar-refractivity contribution in [2.24, 2.45) is 0 Å². The summed E-state index contributed by atoms with van der Waals surface area (Å²) >= 11 is 6.10. The Kier molecular flexibility index (Phi) is 8.25. The highest BCUT2D eigenvalue weighted by atomic mass is 35.5. The first-order chi connectivity index (χ1) is 13.4. The number of methoxy groups -OCH3 is 1. The van der Waals surface area contributed by atoms with Crippen molar-refractivity contribution < 1.29 is 22.7 Å². The molecule has 2 rings (SSSR count). The fourth-order valence-corrected chi connectivity index (χ4v) is 3.63. The Balaban J connectivity index is 1.94. The molecule has 9 heteroatoms. The molecule has 7 nitrogen and oxygen atoms in total. The van der Waals surface area contributed by atoms with Crippen molar-refractivity contribution in [1.82, 2.24) is 4.72 Å². The van der Waals surface area contributed by atoms with Crippen molar-refractivity contribution in [2.45, 2.75) is 18.2 Å². The number of anilines is 1. The number of nitrogens with one attached hydrogen (secondary N) is 2. The van der Waals surface area contributed by atoms with E-state index in [1.807, 2.05) is 24.3 Å². The van der Waals surface area contributed by atoms with Crippen LogP contribution in [-0.2, 0) is 26.0 Å². The van der Waals surface area contributed by atoms with Crippen molar-refractivity contribution in [3.8, 4) is 5.75 Å². The van der Waals surface area contributed by atoms with Crippen LogP contribution in [0.15, 0.2) is 47.4 Å². The van der Waals surface area contributed by atoms with Crippen molar-refractivity contribution in [3.05, 3.63) is 53.1 Å². The van der Waals surface area contributed by atoms with Gasteiger partial charge in [-0.2, -0.15) is 0 Å². The van der Waals surface area contributed by atoms with Gasteiger partial charge in [0.15, 0.2) is 6.61 Å². The van der Waals surface area contributed by atoms with Crippen molar-refractivity contribution in [1.29, 1.82) is 0 Å². The molecule has 0 atom stereocenters. The second-order valence-electron chi connectivity index (χ2n) is 5.87. The molecular formula is C19H23ClN2O5S. The molecule has 0 heterocycles. The minimum absolute atomic E-state index is 0.00131. The largest absolute Gasteiger partial charge is 0.482 e. The zero-order valence-electron chi connectivity index (χ0n) is 15.7. The highest BCUT2D eigenvalue weighted by molar-refractivity contribution is 7.89. The molecule has 0 saturated carbocycles. The van der Waals surface area contributed by atoms with Crippen LogP contribution in [0.1, 0.15) is 12.5 Å². The quantitative estimate of drug-likeness (QED) is 0.570. The molecular weight excluding hydrogens is 404 g/mol. The van der Waals surface area contributed by atoms with Gasteiger partial charge in [-0.15, -0.1) is 0 Å². The molecule has 0 saturated heterocycles. The predicted octanol–water partition coefficient (Wildman–Crippen LogP) is 2.84. The first-order valence-electron chi connectivity index (χ1n) is 8.65. The smallest absolute Gasteiger partial charge is 0.262 e. The highest BCUT2D eigenvalue weighted by Crippen LogP contribution is 2.27. The van der Waals surface area contributed by atoms with Gasteiger partial charge >= 0.3 is 0 Å². The second kappa shape index (κ2) is 10.4. The Morgan fingerprint density at radius 1 is 1.14 bits per heavy atom. The number of amides is 1. The normalized spacial score (nSPS) is 11.2. The number of hydrogen-bond acceptors (Lipinski definition) is 5. The van der Waals surface area contributed by atoms with Crippen LogP contribution >= 0.6 is 11.6 Å². The average Bonchev–Trinajstić information content (AvgIpc) is 2.67. The standard InChI is InChI=1S/C19H23ClN2O5S/c1-3-14-4-6-15(7-5-14)22-19(23)13-27-18-9-8-16(12-17(18)20)28(24,25)21-10-11-26-2/h4-9,12,21H,3,10-11,13H2,1-2H3,(H,22,23). The van der Waals surface area contributed by atoms with E-state index in [0.29, 0.717) is 5.69 Å². The number of benzene rings is 2. The number of ether oxygens (including phenoxy) is 2. The fourth-order valence-electron chi connectivity index (χ4n) is 2.29.